The number of nitrogens with zero attached hydrogens (tertiary/aromatic N) is 2. The molecule has 1 N–H and O–H groups in total. The first-order valence-electron chi connectivity index (χ1n) is 7.01. The van der Waals surface area contributed by atoms with Crippen molar-refractivity contribution < 1.29 is 0 Å². The van der Waals surface area contributed by atoms with E-state index in [1.165, 1.54) is 11.3 Å². The van der Waals surface area contributed by atoms with E-state index in [-0.39, 0.29) is 0 Å². The fraction of sp³-hybridized carbons (Fsp3) is 0.533. The Morgan fingerprint density at radius 2 is 2.11 bits per heavy atom. The van der Waals surface area contributed by atoms with Crippen molar-refractivity contribution in [2.75, 3.05) is 11.5 Å². The van der Waals surface area contributed by atoms with Crippen molar-refractivity contribution in [3.8, 4) is 0 Å². The standard InChI is InChI=1S/C15H23N3S/c1-4-18-14-9-7-6-8-13(14)17-15(18)10-16-12(3)11-19-5-2/h6-9,12,16H,4-5,10-11H2,1-3H3. The lowest BCUT2D eigenvalue weighted by molar-refractivity contribution is 0.560. The van der Waals surface area contributed by atoms with Crippen molar-refractivity contribution in [3.05, 3.63) is 30.1 Å². The number of fused-ring (bicyclic) bond motifs is 1. The van der Waals surface area contributed by atoms with E-state index in [1.807, 2.05) is 17.8 Å². The van der Waals surface area contributed by atoms with Gasteiger partial charge in [-0.3, -0.25) is 0 Å². The summed E-state index contributed by atoms with van der Waals surface area (Å²) >= 11 is 1.98. The Kier molecular flexibility index (Phi) is 5.28. The van der Waals surface area contributed by atoms with Gasteiger partial charge in [0.15, 0.2) is 0 Å². The number of rotatable bonds is 7. The number of hydrogen-bond acceptors (Lipinski definition) is 3. The molecule has 0 aliphatic heterocycles. The van der Waals surface area contributed by atoms with Crippen LogP contribution in [-0.2, 0) is 13.1 Å². The SMILES string of the molecule is CCSCC(C)NCc1nc2ccccc2n1CC. The molecule has 2 aromatic rings. The maximum Gasteiger partial charge on any atom is 0.123 e. The molecule has 0 aliphatic rings. The Morgan fingerprint density at radius 1 is 1.32 bits per heavy atom. The summed E-state index contributed by atoms with van der Waals surface area (Å²) in [4.78, 5) is 4.73. The van der Waals surface area contributed by atoms with Crippen molar-refractivity contribution >= 4 is 22.8 Å². The number of aryl methyl sites for hydroxylation is 1. The molecule has 2 rings (SSSR count). The molecule has 4 heteroatoms. The van der Waals surface area contributed by atoms with Gasteiger partial charge in [0.05, 0.1) is 17.6 Å². The Labute approximate surface area is 119 Å². The Morgan fingerprint density at radius 3 is 2.84 bits per heavy atom. The van der Waals surface area contributed by atoms with Crippen molar-refractivity contribution in [2.24, 2.45) is 0 Å². The van der Waals surface area contributed by atoms with Crippen molar-refractivity contribution in [3.63, 3.8) is 0 Å². The topological polar surface area (TPSA) is 29.9 Å². The van der Waals surface area contributed by atoms with E-state index in [0.29, 0.717) is 6.04 Å². The minimum atomic E-state index is 0.523. The molecule has 1 aromatic carbocycles. The Bertz CT molecular complexity index is 521. The third-order valence-electron chi connectivity index (χ3n) is 3.23. The normalized spacial score (nSPS) is 13.0. The van der Waals surface area contributed by atoms with Crippen molar-refractivity contribution in [1.29, 1.82) is 0 Å². The van der Waals surface area contributed by atoms with Crippen LogP contribution in [0.15, 0.2) is 24.3 Å². The lowest BCUT2D eigenvalue weighted by Crippen LogP contribution is -2.29. The zero-order chi connectivity index (χ0) is 13.7. The fourth-order valence-electron chi connectivity index (χ4n) is 2.23. The number of para-hydroxylation sites is 2. The number of imidazole rings is 1. The second kappa shape index (κ2) is 6.96. The van der Waals surface area contributed by atoms with Gasteiger partial charge in [0.1, 0.15) is 5.82 Å². The average Bonchev–Trinajstić information content (AvgIpc) is 2.80. The second-order valence-corrected chi connectivity index (χ2v) is 6.02. The van der Waals surface area contributed by atoms with Gasteiger partial charge in [-0.05, 0) is 31.7 Å². The quantitative estimate of drug-likeness (QED) is 0.842. The smallest absolute Gasteiger partial charge is 0.123 e. The molecule has 0 fully saturated rings. The Balaban J connectivity index is 2.07. The summed E-state index contributed by atoms with van der Waals surface area (Å²) in [6.07, 6.45) is 0. The summed E-state index contributed by atoms with van der Waals surface area (Å²) in [5, 5.41) is 3.57. The highest BCUT2D eigenvalue weighted by Gasteiger charge is 2.09. The molecule has 1 unspecified atom stereocenters. The predicted octanol–water partition coefficient (Wildman–Crippen LogP) is 3.29. The summed E-state index contributed by atoms with van der Waals surface area (Å²) in [7, 11) is 0. The number of hydrogen-bond donors (Lipinski definition) is 1. The average molecular weight is 277 g/mol. The zero-order valence-corrected chi connectivity index (χ0v) is 12.8. The second-order valence-electron chi connectivity index (χ2n) is 4.70. The molecule has 1 heterocycles. The fourth-order valence-corrected chi connectivity index (χ4v) is 2.94. The van der Waals surface area contributed by atoms with E-state index in [1.54, 1.807) is 0 Å². The molecule has 1 atom stereocenters. The van der Waals surface area contributed by atoms with Crippen LogP contribution in [0.2, 0.25) is 0 Å². The molecular formula is C15H23N3S. The van der Waals surface area contributed by atoms with Gasteiger partial charge in [-0.2, -0.15) is 11.8 Å². The maximum atomic E-state index is 4.73. The lowest BCUT2D eigenvalue weighted by atomic mass is 10.3. The van der Waals surface area contributed by atoms with E-state index in [9.17, 15) is 0 Å². The van der Waals surface area contributed by atoms with Gasteiger partial charge in [-0.1, -0.05) is 19.1 Å². The van der Waals surface area contributed by atoms with Crippen LogP contribution in [0.4, 0.5) is 0 Å². The first-order chi connectivity index (χ1) is 9.26. The number of aromatic nitrogens is 2. The summed E-state index contributed by atoms with van der Waals surface area (Å²) in [5.41, 5.74) is 2.33. The van der Waals surface area contributed by atoms with Crippen LogP contribution in [0, 0.1) is 0 Å². The number of benzene rings is 1. The van der Waals surface area contributed by atoms with Crippen LogP contribution in [0.1, 0.15) is 26.6 Å². The molecule has 104 valence electrons. The van der Waals surface area contributed by atoms with E-state index < -0.39 is 0 Å². The summed E-state index contributed by atoms with van der Waals surface area (Å²) < 4.78 is 2.29. The van der Waals surface area contributed by atoms with E-state index in [4.69, 9.17) is 4.98 Å². The molecule has 0 saturated heterocycles. The first kappa shape index (κ1) is 14.4. The number of nitrogens with one attached hydrogen (secondary N) is 1. The van der Waals surface area contributed by atoms with E-state index in [0.717, 1.165) is 30.2 Å². The monoisotopic (exact) mass is 277 g/mol. The lowest BCUT2D eigenvalue weighted by Gasteiger charge is -2.13. The molecule has 0 radical (unpaired) electrons. The minimum Gasteiger partial charge on any atom is -0.327 e. The van der Waals surface area contributed by atoms with Crippen LogP contribution in [0.3, 0.4) is 0 Å². The first-order valence-corrected chi connectivity index (χ1v) is 8.17. The highest BCUT2D eigenvalue weighted by Crippen LogP contribution is 2.16. The molecule has 0 saturated carbocycles. The highest BCUT2D eigenvalue weighted by atomic mass is 32.2. The summed E-state index contributed by atoms with van der Waals surface area (Å²) in [5.74, 6) is 3.47. The van der Waals surface area contributed by atoms with Crippen LogP contribution >= 0.6 is 11.8 Å². The molecule has 3 nitrogen and oxygen atoms in total. The molecule has 0 bridgehead atoms. The minimum absolute atomic E-state index is 0.523. The summed E-state index contributed by atoms with van der Waals surface area (Å²) in [6.45, 7) is 8.42. The third-order valence-corrected chi connectivity index (χ3v) is 4.37. The van der Waals surface area contributed by atoms with Crippen LogP contribution < -0.4 is 5.32 Å². The summed E-state index contributed by atoms with van der Waals surface area (Å²) in [6, 6.07) is 8.88. The molecule has 0 amide bonds. The van der Waals surface area contributed by atoms with Gasteiger partial charge in [-0.15, -0.1) is 0 Å². The Hall–Kier alpha value is -1.00. The van der Waals surface area contributed by atoms with E-state index >= 15 is 0 Å². The molecule has 0 aliphatic carbocycles. The van der Waals surface area contributed by atoms with Crippen LogP contribution in [0.5, 0.6) is 0 Å². The van der Waals surface area contributed by atoms with Crippen LogP contribution in [0.25, 0.3) is 11.0 Å². The maximum absolute atomic E-state index is 4.73. The van der Waals surface area contributed by atoms with E-state index in [2.05, 4.69) is 48.9 Å². The van der Waals surface area contributed by atoms with Gasteiger partial charge in [0.25, 0.3) is 0 Å². The van der Waals surface area contributed by atoms with Crippen molar-refractivity contribution in [1.82, 2.24) is 14.9 Å². The van der Waals surface area contributed by atoms with Crippen LogP contribution in [-0.4, -0.2) is 27.1 Å². The van der Waals surface area contributed by atoms with Gasteiger partial charge < -0.3 is 9.88 Å². The zero-order valence-electron chi connectivity index (χ0n) is 12.0. The van der Waals surface area contributed by atoms with Gasteiger partial charge in [-0.25, -0.2) is 4.98 Å². The molecule has 0 spiro atoms. The van der Waals surface area contributed by atoms with Crippen molar-refractivity contribution in [2.45, 2.75) is 39.9 Å². The van der Waals surface area contributed by atoms with Gasteiger partial charge in [0.2, 0.25) is 0 Å². The molecule has 1 aromatic heterocycles. The molecular weight excluding hydrogens is 254 g/mol. The number of thioether (sulfide) groups is 1. The van der Waals surface area contributed by atoms with Gasteiger partial charge >= 0.3 is 0 Å². The van der Waals surface area contributed by atoms with Gasteiger partial charge in [0, 0.05) is 18.3 Å². The highest BCUT2D eigenvalue weighted by molar-refractivity contribution is 7.99. The molecule has 19 heavy (non-hydrogen) atoms. The largest absolute Gasteiger partial charge is 0.327 e. The predicted molar refractivity (Wildman–Crippen MR) is 84.7 cm³/mol. The third kappa shape index (κ3) is 3.51.